The average molecular weight is 310 g/mol. The molecule has 0 spiro atoms. The zero-order chi connectivity index (χ0) is 16.2. The van der Waals surface area contributed by atoms with E-state index in [-0.39, 0.29) is 5.91 Å². The Bertz CT molecular complexity index is 825. The summed E-state index contributed by atoms with van der Waals surface area (Å²) in [6, 6.07) is 13.5. The highest BCUT2D eigenvalue weighted by molar-refractivity contribution is 5.85. The Balaban J connectivity index is 2.08. The van der Waals surface area contributed by atoms with Gasteiger partial charge in [-0.05, 0) is 12.5 Å². The van der Waals surface area contributed by atoms with Gasteiger partial charge in [-0.25, -0.2) is 4.98 Å². The Kier molecular flexibility index (Phi) is 4.28. The molecule has 1 N–H and O–H groups in total. The maximum absolute atomic E-state index is 11.1. The van der Waals surface area contributed by atoms with Gasteiger partial charge in [0.1, 0.15) is 11.3 Å². The van der Waals surface area contributed by atoms with E-state index in [0.29, 0.717) is 24.4 Å². The van der Waals surface area contributed by atoms with E-state index < -0.39 is 0 Å². The predicted octanol–water partition coefficient (Wildman–Crippen LogP) is 3.18. The van der Waals surface area contributed by atoms with Crippen LogP contribution in [0.3, 0.4) is 0 Å². The summed E-state index contributed by atoms with van der Waals surface area (Å²) in [5.74, 6) is 1.27. The Hall–Kier alpha value is -2.82. The number of carbonyl (C=O) groups is 1. The molecule has 0 saturated carbocycles. The normalized spacial score (nSPS) is 10.7. The number of benzene rings is 1. The zero-order valence-electron chi connectivity index (χ0n) is 13.1. The second-order valence-electron chi connectivity index (χ2n) is 5.21. The summed E-state index contributed by atoms with van der Waals surface area (Å²) in [5.41, 5.74) is 3.44. The van der Waals surface area contributed by atoms with Gasteiger partial charge in [-0.1, -0.05) is 30.3 Å². The van der Waals surface area contributed by atoms with Crippen LogP contribution in [0.25, 0.3) is 22.4 Å². The SMILES string of the molecule is COc1ccc2oc(-c3ccccc3)c(CCNC(C)=O)c2n1. The first kappa shape index (κ1) is 15.1. The number of nitrogens with zero attached hydrogens (tertiary/aromatic N) is 1. The molecule has 0 radical (unpaired) electrons. The van der Waals surface area contributed by atoms with E-state index in [0.717, 1.165) is 22.4 Å². The molecule has 118 valence electrons. The number of furan rings is 1. The highest BCUT2D eigenvalue weighted by atomic mass is 16.5. The number of hydrogen-bond acceptors (Lipinski definition) is 4. The summed E-state index contributed by atoms with van der Waals surface area (Å²) >= 11 is 0. The van der Waals surface area contributed by atoms with Crippen LogP contribution < -0.4 is 10.1 Å². The first-order valence-corrected chi connectivity index (χ1v) is 7.45. The number of amides is 1. The van der Waals surface area contributed by atoms with Crippen molar-refractivity contribution in [2.24, 2.45) is 0 Å². The lowest BCUT2D eigenvalue weighted by Crippen LogP contribution is -2.22. The maximum Gasteiger partial charge on any atom is 0.216 e. The molecule has 1 aromatic carbocycles. The largest absolute Gasteiger partial charge is 0.481 e. The summed E-state index contributed by atoms with van der Waals surface area (Å²) in [4.78, 5) is 15.6. The van der Waals surface area contributed by atoms with Gasteiger partial charge in [0, 0.05) is 30.7 Å². The Morgan fingerprint density at radius 3 is 2.70 bits per heavy atom. The van der Waals surface area contributed by atoms with E-state index in [1.54, 1.807) is 13.2 Å². The second kappa shape index (κ2) is 6.52. The van der Waals surface area contributed by atoms with Crippen molar-refractivity contribution in [3.63, 3.8) is 0 Å². The fraction of sp³-hybridized carbons (Fsp3) is 0.222. The minimum absolute atomic E-state index is 0.0513. The molecule has 0 fully saturated rings. The van der Waals surface area contributed by atoms with Crippen LogP contribution in [0.5, 0.6) is 5.88 Å². The third-order valence-corrected chi connectivity index (χ3v) is 3.60. The van der Waals surface area contributed by atoms with Gasteiger partial charge < -0.3 is 14.5 Å². The third-order valence-electron chi connectivity index (χ3n) is 3.60. The van der Waals surface area contributed by atoms with E-state index in [2.05, 4.69) is 10.3 Å². The molecule has 3 aromatic rings. The number of rotatable bonds is 5. The minimum Gasteiger partial charge on any atom is -0.481 e. The molecule has 0 aliphatic heterocycles. The highest BCUT2D eigenvalue weighted by Gasteiger charge is 2.17. The van der Waals surface area contributed by atoms with Crippen molar-refractivity contribution in [3.8, 4) is 17.2 Å². The number of fused-ring (bicyclic) bond motifs is 1. The molecule has 5 nitrogen and oxygen atoms in total. The number of hydrogen-bond donors (Lipinski definition) is 1. The number of nitrogens with one attached hydrogen (secondary N) is 1. The molecule has 2 aromatic heterocycles. The standard InChI is InChI=1S/C18H18N2O3/c1-12(21)19-11-10-14-17-15(8-9-16(20-17)22-2)23-18(14)13-6-4-3-5-7-13/h3-9H,10-11H2,1-2H3,(H,19,21). The third kappa shape index (κ3) is 3.18. The molecule has 0 aliphatic rings. The molecule has 0 unspecified atom stereocenters. The van der Waals surface area contributed by atoms with Crippen LogP contribution in [-0.4, -0.2) is 24.5 Å². The summed E-state index contributed by atoms with van der Waals surface area (Å²) in [6.45, 7) is 2.04. The molecule has 1 amide bonds. The molecule has 3 rings (SSSR count). The molecule has 0 aliphatic carbocycles. The van der Waals surface area contributed by atoms with Crippen molar-refractivity contribution in [3.05, 3.63) is 48.0 Å². The molecular formula is C18H18N2O3. The van der Waals surface area contributed by atoms with Gasteiger partial charge in [-0.3, -0.25) is 4.79 Å². The van der Waals surface area contributed by atoms with Gasteiger partial charge in [-0.15, -0.1) is 0 Å². The fourth-order valence-electron chi connectivity index (χ4n) is 2.54. The summed E-state index contributed by atoms with van der Waals surface area (Å²) in [5, 5.41) is 2.82. The molecule has 0 bridgehead atoms. The molecule has 0 atom stereocenters. The number of pyridine rings is 1. The number of ether oxygens (including phenoxy) is 1. The van der Waals surface area contributed by atoms with Crippen molar-refractivity contribution >= 4 is 17.0 Å². The van der Waals surface area contributed by atoms with Crippen molar-refractivity contribution in [1.82, 2.24) is 10.3 Å². The quantitative estimate of drug-likeness (QED) is 0.786. The minimum atomic E-state index is -0.0513. The van der Waals surface area contributed by atoms with Crippen molar-refractivity contribution < 1.29 is 13.9 Å². The van der Waals surface area contributed by atoms with Gasteiger partial charge in [0.2, 0.25) is 11.8 Å². The summed E-state index contributed by atoms with van der Waals surface area (Å²) in [6.07, 6.45) is 0.636. The fourth-order valence-corrected chi connectivity index (χ4v) is 2.54. The maximum atomic E-state index is 11.1. The Morgan fingerprint density at radius 1 is 1.22 bits per heavy atom. The lowest BCUT2D eigenvalue weighted by Gasteiger charge is -2.04. The average Bonchev–Trinajstić information content (AvgIpc) is 2.93. The van der Waals surface area contributed by atoms with Crippen LogP contribution in [0.4, 0.5) is 0 Å². The summed E-state index contributed by atoms with van der Waals surface area (Å²) in [7, 11) is 1.59. The monoisotopic (exact) mass is 310 g/mol. The smallest absolute Gasteiger partial charge is 0.216 e. The van der Waals surface area contributed by atoms with Crippen LogP contribution >= 0.6 is 0 Å². The highest BCUT2D eigenvalue weighted by Crippen LogP contribution is 2.33. The number of methoxy groups -OCH3 is 1. The van der Waals surface area contributed by atoms with Crippen LogP contribution in [0, 0.1) is 0 Å². The summed E-state index contributed by atoms with van der Waals surface area (Å²) < 4.78 is 11.2. The number of carbonyl (C=O) groups excluding carboxylic acids is 1. The van der Waals surface area contributed by atoms with Gasteiger partial charge in [0.15, 0.2) is 5.58 Å². The first-order chi connectivity index (χ1) is 11.2. The van der Waals surface area contributed by atoms with Gasteiger partial charge in [0.05, 0.1) is 7.11 Å². The van der Waals surface area contributed by atoms with Crippen LogP contribution in [0.2, 0.25) is 0 Å². The lowest BCUT2D eigenvalue weighted by molar-refractivity contribution is -0.118. The zero-order valence-corrected chi connectivity index (χ0v) is 13.1. The second-order valence-corrected chi connectivity index (χ2v) is 5.21. The van der Waals surface area contributed by atoms with Crippen molar-refractivity contribution in [1.29, 1.82) is 0 Å². The Labute approximate surface area is 134 Å². The van der Waals surface area contributed by atoms with Gasteiger partial charge >= 0.3 is 0 Å². The van der Waals surface area contributed by atoms with Crippen LogP contribution in [0.1, 0.15) is 12.5 Å². The van der Waals surface area contributed by atoms with Gasteiger partial charge in [-0.2, -0.15) is 0 Å². The van der Waals surface area contributed by atoms with E-state index in [1.165, 1.54) is 6.92 Å². The lowest BCUT2D eigenvalue weighted by atomic mass is 10.1. The van der Waals surface area contributed by atoms with Gasteiger partial charge in [0.25, 0.3) is 0 Å². The van der Waals surface area contributed by atoms with E-state index in [9.17, 15) is 4.79 Å². The Morgan fingerprint density at radius 2 is 2.00 bits per heavy atom. The van der Waals surface area contributed by atoms with E-state index in [1.807, 2.05) is 36.4 Å². The van der Waals surface area contributed by atoms with Crippen molar-refractivity contribution in [2.75, 3.05) is 13.7 Å². The van der Waals surface area contributed by atoms with Crippen molar-refractivity contribution in [2.45, 2.75) is 13.3 Å². The van der Waals surface area contributed by atoms with Crippen LogP contribution in [0.15, 0.2) is 46.9 Å². The molecule has 0 saturated heterocycles. The van der Waals surface area contributed by atoms with E-state index >= 15 is 0 Å². The molecule has 23 heavy (non-hydrogen) atoms. The molecule has 2 heterocycles. The van der Waals surface area contributed by atoms with Crippen LogP contribution in [-0.2, 0) is 11.2 Å². The topological polar surface area (TPSA) is 64.4 Å². The molecule has 5 heteroatoms. The predicted molar refractivity (Wildman–Crippen MR) is 88.4 cm³/mol. The molecular weight excluding hydrogens is 292 g/mol. The van der Waals surface area contributed by atoms with E-state index in [4.69, 9.17) is 9.15 Å². The number of aromatic nitrogens is 1. The first-order valence-electron chi connectivity index (χ1n) is 7.45.